The molecule has 0 saturated carbocycles. The highest BCUT2D eigenvalue weighted by Gasteiger charge is 2.23. The van der Waals surface area contributed by atoms with Crippen LogP contribution >= 0.6 is 0 Å². The first-order valence-electron chi connectivity index (χ1n) is 13.3. The molecule has 39 heavy (non-hydrogen) atoms. The number of hydrogen-bond donors (Lipinski definition) is 3. The molecule has 3 N–H and O–H groups in total. The number of rotatable bonds is 7. The van der Waals surface area contributed by atoms with E-state index in [1.54, 1.807) is 17.7 Å². The number of carbonyl (C=O) groups is 1. The van der Waals surface area contributed by atoms with Gasteiger partial charge in [0.25, 0.3) is 11.5 Å². The molecule has 1 aliphatic heterocycles. The Bertz CT molecular complexity index is 1770. The van der Waals surface area contributed by atoms with Gasteiger partial charge >= 0.3 is 0 Å². The zero-order valence-corrected chi connectivity index (χ0v) is 22.6. The van der Waals surface area contributed by atoms with Crippen LogP contribution in [-0.2, 0) is 13.6 Å². The molecule has 6 rings (SSSR count). The summed E-state index contributed by atoms with van der Waals surface area (Å²) in [6.45, 7) is 9.19. The molecule has 4 heterocycles. The standard InChI is InChI=1S/C30H32N6O3/c1-5-32-29(37)24-10-22-23(16-35(4)30(38)27(22)34-24)21-11-25-20(14-33-36(25)15-19-12-31-13-19)9-26(21)39-28-17(2)7-6-8-18(28)3/h6-11,14,16,19,31,34H,5,12-13,15H2,1-4H3,(H,32,37). The van der Waals surface area contributed by atoms with E-state index in [-0.39, 0.29) is 11.5 Å². The lowest BCUT2D eigenvalue weighted by molar-refractivity contribution is 0.0951. The zero-order chi connectivity index (χ0) is 27.3. The summed E-state index contributed by atoms with van der Waals surface area (Å²) in [7, 11) is 1.72. The number of aromatic amines is 1. The highest BCUT2D eigenvalue weighted by Crippen LogP contribution is 2.41. The summed E-state index contributed by atoms with van der Waals surface area (Å²) in [4.78, 5) is 28.8. The van der Waals surface area contributed by atoms with Gasteiger partial charge < -0.3 is 24.9 Å². The number of nitrogens with one attached hydrogen (secondary N) is 3. The van der Waals surface area contributed by atoms with Crippen LogP contribution in [0.1, 0.15) is 28.5 Å². The number of ether oxygens (including phenoxy) is 1. The number of hydrogen-bond acceptors (Lipinski definition) is 5. The van der Waals surface area contributed by atoms with Gasteiger partial charge in [-0.05, 0) is 50.1 Å². The predicted octanol–water partition coefficient (Wildman–Crippen LogP) is 4.26. The van der Waals surface area contributed by atoms with E-state index in [0.29, 0.717) is 34.8 Å². The van der Waals surface area contributed by atoms with Gasteiger partial charge in [0, 0.05) is 67.2 Å². The van der Waals surface area contributed by atoms with Crippen molar-refractivity contribution in [2.75, 3.05) is 19.6 Å². The molecule has 0 atom stereocenters. The maximum Gasteiger partial charge on any atom is 0.274 e. The third-order valence-electron chi connectivity index (χ3n) is 7.50. The summed E-state index contributed by atoms with van der Waals surface area (Å²) in [6.07, 6.45) is 3.69. The molecule has 0 aliphatic carbocycles. The monoisotopic (exact) mass is 524 g/mol. The van der Waals surface area contributed by atoms with Crippen LogP contribution in [0.3, 0.4) is 0 Å². The number of carbonyl (C=O) groups excluding carboxylic acids is 1. The largest absolute Gasteiger partial charge is 0.456 e. The summed E-state index contributed by atoms with van der Waals surface area (Å²) in [5.41, 5.74) is 5.18. The molecule has 1 saturated heterocycles. The van der Waals surface area contributed by atoms with Crippen molar-refractivity contribution in [2.24, 2.45) is 13.0 Å². The Labute approximate surface area is 225 Å². The summed E-state index contributed by atoms with van der Waals surface area (Å²) >= 11 is 0. The van der Waals surface area contributed by atoms with E-state index in [1.807, 2.05) is 62.1 Å². The molecular weight excluding hydrogens is 492 g/mol. The second-order valence-corrected chi connectivity index (χ2v) is 10.4. The van der Waals surface area contributed by atoms with Crippen LogP contribution < -0.4 is 20.9 Å². The Balaban J connectivity index is 1.59. The van der Waals surface area contributed by atoms with Gasteiger partial charge in [-0.2, -0.15) is 5.10 Å². The molecule has 0 bridgehead atoms. The molecule has 200 valence electrons. The molecule has 9 nitrogen and oxygen atoms in total. The number of aryl methyl sites for hydroxylation is 3. The van der Waals surface area contributed by atoms with E-state index >= 15 is 0 Å². The Kier molecular flexibility index (Phi) is 6.23. The lowest BCUT2D eigenvalue weighted by Gasteiger charge is -2.27. The molecular formula is C30H32N6O3. The first-order chi connectivity index (χ1) is 18.8. The lowest BCUT2D eigenvalue weighted by atomic mass is 10.00. The number of benzene rings is 2. The van der Waals surface area contributed by atoms with Crippen molar-refractivity contribution < 1.29 is 9.53 Å². The van der Waals surface area contributed by atoms with E-state index in [9.17, 15) is 9.59 Å². The van der Waals surface area contributed by atoms with Crippen molar-refractivity contribution in [2.45, 2.75) is 27.3 Å². The summed E-state index contributed by atoms with van der Waals surface area (Å²) < 4.78 is 10.2. The minimum absolute atomic E-state index is 0.204. The maximum atomic E-state index is 13.1. The number of nitrogens with zero attached hydrogens (tertiary/aromatic N) is 3. The summed E-state index contributed by atoms with van der Waals surface area (Å²) in [5.74, 6) is 1.74. The van der Waals surface area contributed by atoms with E-state index < -0.39 is 0 Å². The van der Waals surface area contributed by atoms with Crippen LogP contribution in [0, 0.1) is 19.8 Å². The highest BCUT2D eigenvalue weighted by molar-refractivity contribution is 6.04. The van der Waals surface area contributed by atoms with Crippen molar-refractivity contribution in [3.05, 3.63) is 76.0 Å². The normalized spacial score (nSPS) is 13.6. The fourth-order valence-electron chi connectivity index (χ4n) is 5.26. The minimum Gasteiger partial charge on any atom is -0.456 e. The van der Waals surface area contributed by atoms with Gasteiger partial charge in [-0.1, -0.05) is 18.2 Å². The first-order valence-corrected chi connectivity index (χ1v) is 13.3. The molecule has 3 aromatic heterocycles. The second-order valence-electron chi connectivity index (χ2n) is 10.4. The van der Waals surface area contributed by atoms with Gasteiger partial charge in [-0.15, -0.1) is 0 Å². The third-order valence-corrected chi connectivity index (χ3v) is 7.50. The Hall–Kier alpha value is -4.37. The first kappa shape index (κ1) is 24.9. The van der Waals surface area contributed by atoms with Crippen LogP contribution in [0.25, 0.3) is 32.9 Å². The van der Waals surface area contributed by atoms with Gasteiger partial charge in [0.1, 0.15) is 22.7 Å². The van der Waals surface area contributed by atoms with Crippen LogP contribution in [0.2, 0.25) is 0 Å². The molecule has 0 spiro atoms. The van der Waals surface area contributed by atoms with E-state index in [0.717, 1.165) is 58.5 Å². The van der Waals surface area contributed by atoms with Crippen molar-refractivity contribution in [3.8, 4) is 22.6 Å². The maximum absolute atomic E-state index is 13.1. The fraction of sp³-hybridized carbons (Fsp3) is 0.300. The molecule has 9 heteroatoms. The minimum atomic E-state index is -0.253. The molecule has 2 aromatic carbocycles. The predicted molar refractivity (Wildman–Crippen MR) is 153 cm³/mol. The van der Waals surface area contributed by atoms with Crippen molar-refractivity contribution in [3.63, 3.8) is 0 Å². The Morgan fingerprint density at radius 3 is 2.62 bits per heavy atom. The Morgan fingerprint density at radius 1 is 1.15 bits per heavy atom. The number of para-hydroxylation sites is 1. The van der Waals surface area contributed by atoms with E-state index in [1.165, 1.54) is 0 Å². The quantitative estimate of drug-likeness (QED) is 0.295. The summed E-state index contributed by atoms with van der Waals surface area (Å²) in [5, 5.41) is 12.5. The average molecular weight is 525 g/mol. The van der Waals surface area contributed by atoms with Crippen molar-refractivity contribution in [1.82, 2.24) is 30.0 Å². The third kappa shape index (κ3) is 4.38. The number of aromatic nitrogens is 4. The number of amides is 1. The lowest BCUT2D eigenvalue weighted by Crippen LogP contribution is -2.44. The van der Waals surface area contributed by atoms with Crippen LogP contribution in [-0.4, -0.2) is 44.9 Å². The van der Waals surface area contributed by atoms with Gasteiger partial charge in [0.05, 0.1) is 11.7 Å². The number of fused-ring (bicyclic) bond motifs is 2. The molecule has 1 aliphatic rings. The van der Waals surface area contributed by atoms with Crippen LogP contribution in [0.15, 0.2) is 53.6 Å². The molecule has 0 radical (unpaired) electrons. The van der Waals surface area contributed by atoms with Crippen LogP contribution in [0.5, 0.6) is 11.5 Å². The SMILES string of the molecule is CCNC(=O)c1cc2c(-c3cc4c(cnn4CC4CNC4)cc3Oc3c(C)cccc3C)cn(C)c(=O)c2[nH]1. The highest BCUT2D eigenvalue weighted by atomic mass is 16.5. The van der Waals surface area contributed by atoms with E-state index in [4.69, 9.17) is 9.84 Å². The van der Waals surface area contributed by atoms with E-state index in [2.05, 4.69) is 21.7 Å². The molecule has 1 fully saturated rings. The molecule has 1 amide bonds. The van der Waals surface area contributed by atoms with Crippen LogP contribution in [0.4, 0.5) is 0 Å². The van der Waals surface area contributed by atoms with Gasteiger partial charge in [0.2, 0.25) is 0 Å². The van der Waals surface area contributed by atoms with Gasteiger partial charge in [0.15, 0.2) is 0 Å². The van der Waals surface area contributed by atoms with Crippen molar-refractivity contribution >= 4 is 27.7 Å². The summed E-state index contributed by atoms with van der Waals surface area (Å²) in [6, 6.07) is 11.9. The second kappa shape index (κ2) is 9.74. The van der Waals surface area contributed by atoms with Crippen molar-refractivity contribution in [1.29, 1.82) is 0 Å². The van der Waals surface area contributed by atoms with Gasteiger partial charge in [-0.25, -0.2) is 0 Å². The Morgan fingerprint density at radius 2 is 1.92 bits per heavy atom. The number of pyridine rings is 1. The van der Waals surface area contributed by atoms with Gasteiger partial charge in [-0.3, -0.25) is 14.3 Å². The average Bonchev–Trinajstić information content (AvgIpc) is 3.50. The topological polar surface area (TPSA) is 106 Å². The smallest absolute Gasteiger partial charge is 0.274 e. The molecule has 5 aromatic rings. The zero-order valence-electron chi connectivity index (χ0n) is 22.6. The fourth-order valence-corrected chi connectivity index (χ4v) is 5.26. The molecule has 0 unspecified atom stereocenters. The number of H-pyrrole nitrogens is 1.